The predicted molar refractivity (Wildman–Crippen MR) is 146 cm³/mol. The molecule has 1 heterocycles. The smallest absolute Gasteiger partial charge is 0.343 e. The number of anilines is 1. The number of hydrogen-bond donors (Lipinski definition) is 0. The Balaban J connectivity index is 1.21. The van der Waals surface area contributed by atoms with E-state index < -0.39 is 36.1 Å². The second-order valence-corrected chi connectivity index (χ2v) is 9.01. The lowest BCUT2D eigenvalue weighted by molar-refractivity contribution is 0.0474. The van der Waals surface area contributed by atoms with Crippen LogP contribution >= 0.6 is 0 Å². The standard InChI is InChI=1S/C32H23NO7/c1-2-20-8-13-24(14-9-20)33-29(35)26-17-12-23(18-27(26)30(33)36)31(37)39-19-28(34)21-10-15-25(16-11-21)40-32(38)22-6-4-3-5-7-22/h3-18H,2,19H2,1H3. The summed E-state index contributed by atoms with van der Waals surface area (Å²) in [7, 11) is 0. The van der Waals surface area contributed by atoms with Crippen LogP contribution in [0.4, 0.5) is 5.69 Å². The number of esters is 2. The Bertz CT molecular complexity index is 1620. The van der Waals surface area contributed by atoms with E-state index in [0.29, 0.717) is 11.3 Å². The second kappa shape index (κ2) is 11.2. The fourth-order valence-corrected chi connectivity index (χ4v) is 4.23. The number of carbonyl (C=O) groups is 5. The van der Waals surface area contributed by atoms with Crippen molar-refractivity contribution in [1.29, 1.82) is 0 Å². The molecule has 40 heavy (non-hydrogen) atoms. The molecular formula is C32H23NO7. The van der Waals surface area contributed by atoms with Crippen LogP contribution in [0.2, 0.25) is 0 Å². The van der Waals surface area contributed by atoms with Gasteiger partial charge in [-0.2, -0.15) is 0 Å². The Morgan fingerprint density at radius 1 is 0.675 bits per heavy atom. The van der Waals surface area contributed by atoms with Crippen molar-refractivity contribution < 1.29 is 33.4 Å². The molecule has 0 radical (unpaired) electrons. The molecule has 1 aliphatic rings. The molecule has 0 unspecified atom stereocenters. The van der Waals surface area contributed by atoms with Crippen molar-refractivity contribution in [3.63, 3.8) is 0 Å². The van der Waals surface area contributed by atoms with E-state index in [1.807, 2.05) is 19.1 Å². The third-order valence-corrected chi connectivity index (χ3v) is 6.46. The molecule has 4 aromatic rings. The molecular weight excluding hydrogens is 510 g/mol. The lowest BCUT2D eigenvalue weighted by Gasteiger charge is -2.14. The number of benzene rings is 4. The highest BCUT2D eigenvalue weighted by molar-refractivity contribution is 6.34. The molecule has 0 aromatic heterocycles. The zero-order valence-corrected chi connectivity index (χ0v) is 21.5. The number of fused-ring (bicyclic) bond motifs is 1. The molecule has 198 valence electrons. The summed E-state index contributed by atoms with van der Waals surface area (Å²) >= 11 is 0. The number of ketones is 1. The van der Waals surface area contributed by atoms with Gasteiger partial charge in [-0.15, -0.1) is 0 Å². The van der Waals surface area contributed by atoms with Crippen LogP contribution in [0.15, 0.2) is 97.1 Å². The van der Waals surface area contributed by atoms with Crippen molar-refractivity contribution in [2.75, 3.05) is 11.5 Å². The van der Waals surface area contributed by atoms with Gasteiger partial charge in [0, 0.05) is 5.56 Å². The largest absolute Gasteiger partial charge is 0.454 e. The normalized spacial score (nSPS) is 12.2. The van der Waals surface area contributed by atoms with E-state index in [-0.39, 0.29) is 28.0 Å². The highest BCUT2D eigenvalue weighted by Gasteiger charge is 2.37. The van der Waals surface area contributed by atoms with E-state index in [1.54, 1.807) is 42.5 Å². The number of carbonyl (C=O) groups excluding carboxylic acids is 5. The van der Waals surface area contributed by atoms with E-state index in [9.17, 15) is 24.0 Å². The highest BCUT2D eigenvalue weighted by Crippen LogP contribution is 2.29. The summed E-state index contributed by atoms with van der Waals surface area (Å²) in [5.74, 6) is -2.56. The van der Waals surface area contributed by atoms with Gasteiger partial charge in [-0.25, -0.2) is 14.5 Å². The van der Waals surface area contributed by atoms with Crippen LogP contribution in [-0.2, 0) is 11.2 Å². The number of ether oxygens (including phenoxy) is 2. The van der Waals surface area contributed by atoms with E-state index in [4.69, 9.17) is 9.47 Å². The van der Waals surface area contributed by atoms with E-state index in [0.717, 1.165) is 16.9 Å². The van der Waals surface area contributed by atoms with Crippen LogP contribution in [0, 0.1) is 0 Å². The second-order valence-electron chi connectivity index (χ2n) is 9.01. The van der Waals surface area contributed by atoms with E-state index >= 15 is 0 Å². The topological polar surface area (TPSA) is 107 Å². The average Bonchev–Trinajstić information content (AvgIpc) is 3.25. The highest BCUT2D eigenvalue weighted by atomic mass is 16.5. The number of amides is 2. The fraction of sp³-hybridized carbons (Fsp3) is 0.0938. The van der Waals surface area contributed by atoms with Gasteiger partial charge in [0.15, 0.2) is 12.4 Å². The molecule has 8 heteroatoms. The van der Waals surface area contributed by atoms with Gasteiger partial charge in [-0.05, 0) is 78.7 Å². The number of aryl methyl sites for hydroxylation is 1. The van der Waals surface area contributed by atoms with Gasteiger partial charge in [0.2, 0.25) is 0 Å². The number of Topliss-reactive ketones (excluding diaryl/α,β-unsaturated/α-hetero) is 1. The van der Waals surface area contributed by atoms with Crippen LogP contribution in [0.5, 0.6) is 5.75 Å². The van der Waals surface area contributed by atoms with Crippen molar-refractivity contribution in [3.8, 4) is 5.75 Å². The molecule has 0 spiro atoms. The maximum atomic E-state index is 13.0. The molecule has 0 fully saturated rings. The van der Waals surface area contributed by atoms with Crippen molar-refractivity contribution in [2.24, 2.45) is 0 Å². The van der Waals surface area contributed by atoms with E-state index in [2.05, 4.69) is 0 Å². The lowest BCUT2D eigenvalue weighted by Crippen LogP contribution is -2.29. The van der Waals surface area contributed by atoms with Gasteiger partial charge in [0.1, 0.15) is 5.75 Å². The average molecular weight is 534 g/mol. The summed E-state index contributed by atoms with van der Waals surface area (Å²) in [6, 6.07) is 25.6. The van der Waals surface area contributed by atoms with Gasteiger partial charge in [0.05, 0.1) is 27.9 Å². The minimum atomic E-state index is -0.810. The molecule has 1 aliphatic heterocycles. The summed E-state index contributed by atoms with van der Waals surface area (Å²) in [5.41, 5.74) is 2.48. The minimum absolute atomic E-state index is 0.0408. The molecule has 0 bridgehead atoms. The summed E-state index contributed by atoms with van der Waals surface area (Å²) in [4.78, 5) is 64.4. The first-order chi connectivity index (χ1) is 19.4. The molecule has 0 N–H and O–H groups in total. The molecule has 0 saturated heterocycles. The number of rotatable bonds is 8. The van der Waals surface area contributed by atoms with Gasteiger partial charge >= 0.3 is 11.9 Å². The van der Waals surface area contributed by atoms with Gasteiger partial charge < -0.3 is 9.47 Å². The Hall–Kier alpha value is -5.37. The molecule has 0 atom stereocenters. The van der Waals surface area contributed by atoms with Gasteiger partial charge in [-0.1, -0.05) is 37.3 Å². The first-order valence-corrected chi connectivity index (χ1v) is 12.5. The van der Waals surface area contributed by atoms with Gasteiger partial charge in [0.25, 0.3) is 11.8 Å². The molecule has 8 nitrogen and oxygen atoms in total. The predicted octanol–water partition coefficient (Wildman–Crippen LogP) is 5.31. The zero-order chi connectivity index (χ0) is 28.2. The van der Waals surface area contributed by atoms with Crippen LogP contribution in [0.3, 0.4) is 0 Å². The third kappa shape index (κ3) is 5.28. The summed E-state index contributed by atoms with van der Waals surface area (Å²) < 4.78 is 10.5. The maximum Gasteiger partial charge on any atom is 0.343 e. The Labute approximate surface area is 229 Å². The van der Waals surface area contributed by atoms with Crippen LogP contribution in [0.25, 0.3) is 0 Å². The minimum Gasteiger partial charge on any atom is -0.454 e. The fourth-order valence-electron chi connectivity index (χ4n) is 4.23. The van der Waals surface area contributed by atoms with Crippen molar-refractivity contribution in [1.82, 2.24) is 0 Å². The molecule has 2 amide bonds. The molecule has 4 aromatic carbocycles. The van der Waals surface area contributed by atoms with Crippen LogP contribution < -0.4 is 9.64 Å². The zero-order valence-electron chi connectivity index (χ0n) is 21.5. The summed E-state index contributed by atoms with van der Waals surface area (Å²) in [6.45, 7) is 1.47. The van der Waals surface area contributed by atoms with Crippen LogP contribution in [-0.4, -0.2) is 36.1 Å². The van der Waals surface area contributed by atoms with Crippen molar-refractivity contribution in [2.45, 2.75) is 13.3 Å². The lowest BCUT2D eigenvalue weighted by atomic mass is 10.1. The summed E-state index contributed by atoms with van der Waals surface area (Å²) in [6.07, 6.45) is 0.825. The Kier molecular flexibility index (Phi) is 7.33. The SMILES string of the molecule is CCc1ccc(N2C(=O)c3ccc(C(=O)OCC(=O)c4ccc(OC(=O)c5ccccc5)cc4)cc3C2=O)cc1. The molecule has 5 rings (SSSR count). The quantitative estimate of drug-likeness (QED) is 0.131. The molecule has 0 aliphatic carbocycles. The Morgan fingerprint density at radius 3 is 2.00 bits per heavy atom. The number of hydrogen-bond acceptors (Lipinski definition) is 7. The third-order valence-electron chi connectivity index (χ3n) is 6.46. The maximum absolute atomic E-state index is 13.0. The number of nitrogens with zero attached hydrogens (tertiary/aromatic N) is 1. The van der Waals surface area contributed by atoms with Gasteiger partial charge in [-0.3, -0.25) is 14.4 Å². The Morgan fingerprint density at radius 2 is 1.32 bits per heavy atom. The summed E-state index contributed by atoms with van der Waals surface area (Å²) in [5, 5.41) is 0. The van der Waals surface area contributed by atoms with Crippen LogP contribution in [0.1, 0.15) is 64.3 Å². The molecule has 0 saturated carbocycles. The first-order valence-electron chi connectivity index (χ1n) is 12.5. The van der Waals surface area contributed by atoms with Crippen molar-refractivity contribution >= 4 is 35.2 Å². The number of imide groups is 1. The van der Waals surface area contributed by atoms with Crippen molar-refractivity contribution in [3.05, 3.63) is 130 Å². The first kappa shape index (κ1) is 26.2. The van der Waals surface area contributed by atoms with E-state index in [1.165, 1.54) is 42.5 Å². The monoisotopic (exact) mass is 533 g/mol.